The topological polar surface area (TPSA) is 37.4 Å². The molecule has 4 heteroatoms. The summed E-state index contributed by atoms with van der Waals surface area (Å²) in [5.41, 5.74) is 2.12. The minimum absolute atomic E-state index is 0.702. The molecular formula is C17H27N3O. The van der Waals surface area contributed by atoms with E-state index in [1.54, 1.807) is 0 Å². The van der Waals surface area contributed by atoms with Crippen molar-refractivity contribution in [2.24, 2.45) is 0 Å². The average molecular weight is 289 g/mol. The highest BCUT2D eigenvalue weighted by atomic mass is 16.5. The summed E-state index contributed by atoms with van der Waals surface area (Å²) >= 11 is 0. The summed E-state index contributed by atoms with van der Waals surface area (Å²) in [5, 5.41) is 3.53. The normalized spacial score (nSPS) is 19.7. The Morgan fingerprint density at radius 3 is 2.81 bits per heavy atom. The second-order valence-electron chi connectivity index (χ2n) is 6.30. The number of hydrogen-bond acceptors (Lipinski definition) is 4. The minimum atomic E-state index is 0.702. The highest BCUT2D eigenvalue weighted by molar-refractivity contribution is 5.29. The van der Waals surface area contributed by atoms with E-state index in [0.29, 0.717) is 6.04 Å². The highest BCUT2D eigenvalue weighted by Crippen LogP contribution is 2.22. The van der Waals surface area contributed by atoms with E-state index in [1.807, 2.05) is 13.0 Å². The van der Waals surface area contributed by atoms with Gasteiger partial charge in [0.1, 0.15) is 12.4 Å². The molecule has 2 fully saturated rings. The highest BCUT2D eigenvalue weighted by Gasteiger charge is 2.21. The summed E-state index contributed by atoms with van der Waals surface area (Å²) in [7, 11) is 0. The number of ether oxygens (including phenoxy) is 1. The van der Waals surface area contributed by atoms with Gasteiger partial charge in [-0.25, -0.2) is 0 Å². The number of nitrogens with one attached hydrogen (secondary N) is 1. The lowest BCUT2D eigenvalue weighted by molar-refractivity contribution is 0.182. The molecule has 21 heavy (non-hydrogen) atoms. The fourth-order valence-electron chi connectivity index (χ4n) is 2.85. The van der Waals surface area contributed by atoms with Crippen LogP contribution < -0.4 is 10.1 Å². The standard InChI is InChI=1S/C17H27N3O/c1-14-5-8-17(16(19-14)13-18-15-6-7-15)21-12-11-20-9-3-2-4-10-20/h5,8,15,18H,2-4,6-7,9-13H2,1H3. The smallest absolute Gasteiger partial charge is 0.142 e. The van der Waals surface area contributed by atoms with Crippen LogP contribution in [0.2, 0.25) is 0 Å². The number of hydrogen-bond donors (Lipinski definition) is 1. The third-order valence-corrected chi connectivity index (χ3v) is 4.32. The van der Waals surface area contributed by atoms with Crippen LogP contribution in [-0.2, 0) is 6.54 Å². The molecule has 4 nitrogen and oxygen atoms in total. The van der Waals surface area contributed by atoms with Crippen LogP contribution in [0.4, 0.5) is 0 Å². The van der Waals surface area contributed by atoms with Gasteiger partial charge in [-0.3, -0.25) is 9.88 Å². The second kappa shape index (κ2) is 7.23. The summed E-state index contributed by atoms with van der Waals surface area (Å²) < 4.78 is 6.00. The first kappa shape index (κ1) is 14.8. The van der Waals surface area contributed by atoms with Gasteiger partial charge >= 0.3 is 0 Å². The average Bonchev–Trinajstić information content (AvgIpc) is 3.32. The van der Waals surface area contributed by atoms with Crippen LogP contribution in [0.15, 0.2) is 12.1 Å². The Hall–Kier alpha value is -1.13. The zero-order valence-corrected chi connectivity index (χ0v) is 13.1. The van der Waals surface area contributed by atoms with E-state index in [4.69, 9.17) is 4.74 Å². The maximum atomic E-state index is 6.00. The number of nitrogens with zero attached hydrogens (tertiary/aromatic N) is 2. The Labute approximate surface area is 127 Å². The molecule has 1 aromatic heterocycles. The summed E-state index contributed by atoms with van der Waals surface area (Å²) in [6.45, 7) is 7.12. The zero-order chi connectivity index (χ0) is 14.5. The molecule has 0 radical (unpaired) electrons. The SMILES string of the molecule is Cc1ccc(OCCN2CCCCC2)c(CNC2CC2)n1. The monoisotopic (exact) mass is 289 g/mol. The molecule has 3 rings (SSSR count). The van der Waals surface area contributed by atoms with Crippen LogP contribution in [-0.4, -0.2) is 42.2 Å². The second-order valence-corrected chi connectivity index (χ2v) is 6.30. The van der Waals surface area contributed by atoms with Crippen molar-refractivity contribution in [2.75, 3.05) is 26.2 Å². The van der Waals surface area contributed by atoms with Gasteiger partial charge in [0.15, 0.2) is 0 Å². The Morgan fingerprint density at radius 1 is 1.24 bits per heavy atom. The zero-order valence-electron chi connectivity index (χ0n) is 13.1. The Balaban J connectivity index is 1.50. The van der Waals surface area contributed by atoms with E-state index in [9.17, 15) is 0 Å². The van der Waals surface area contributed by atoms with E-state index in [0.717, 1.165) is 36.8 Å². The molecule has 1 saturated heterocycles. The number of aryl methyl sites for hydroxylation is 1. The van der Waals surface area contributed by atoms with Gasteiger partial charge < -0.3 is 10.1 Å². The molecule has 1 aliphatic heterocycles. The number of likely N-dealkylation sites (tertiary alicyclic amines) is 1. The molecule has 1 N–H and O–H groups in total. The van der Waals surface area contributed by atoms with E-state index in [2.05, 4.69) is 21.3 Å². The molecule has 2 aliphatic rings. The molecule has 0 unspecified atom stereocenters. The Bertz CT molecular complexity index is 453. The van der Waals surface area contributed by atoms with Gasteiger partial charge in [0.2, 0.25) is 0 Å². The number of piperidine rings is 1. The summed E-state index contributed by atoms with van der Waals surface area (Å²) in [6.07, 6.45) is 6.66. The molecule has 1 aliphatic carbocycles. The maximum absolute atomic E-state index is 6.00. The van der Waals surface area contributed by atoms with Gasteiger partial charge in [-0.15, -0.1) is 0 Å². The van der Waals surface area contributed by atoms with E-state index in [-0.39, 0.29) is 0 Å². The maximum Gasteiger partial charge on any atom is 0.142 e. The van der Waals surface area contributed by atoms with Gasteiger partial charge in [-0.1, -0.05) is 6.42 Å². The minimum Gasteiger partial charge on any atom is -0.490 e. The molecule has 116 valence electrons. The third-order valence-electron chi connectivity index (χ3n) is 4.32. The van der Waals surface area contributed by atoms with Crippen LogP contribution in [0, 0.1) is 6.92 Å². The lowest BCUT2D eigenvalue weighted by Gasteiger charge is -2.26. The summed E-state index contributed by atoms with van der Waals surface area (Å²) in [5.74, 6) is 0.950. The predicted molar refractivity (Wildman–Crippen MR) is 84.6 cm³/mol. The van der Waals surface area contributed by atoms with Gasteiger partial charge in [-0.2, -0.15) is 0 Å². The van der Waals surface area contributed by atoms with Crippen molar-refractivity contribution >= 4 is 0 Å². The molecule has 0 amide bonds. The van der Waals surface area contributed by atoms with E-state index >= 15 is 0 Å². The van der Waals surface area contributed by atoms with Crippen molar-refractivity contribution in [1.82, 2.24) is 15.2 Å². The van der Waals surface area contributed by atoms with Crippen molar-refractivity contribution < 1.29 is 4.74 Å². The molecule has 1 aromatic rings. The summed E-state index contributed by atoms with van der Waals surface area (Å²) in [4.78, 5) is 7.14. The number of pyridine rings is 1. The Morgan fingerprint density at radius 2 is 2.05 bits per heavy atom. The number of aromatic nitrogens is 1. The van der Waals surface area contributed by atoms with Crippen LogP contribution in [0.5, 0.6) is 5.75 Å². The van der Waals surface area contributed by atoms with Crippen LogP contribution in [0.1, 0.15) is 43.5 Å². The molecule has 0 spiro atoms. The van der Waals surface area contributed by atoms with Crippen LogP contribution in [0.3, 0.4) is 0 Å². The first-order valence-corrected chi connectivity index (χ1v) is 8.36. The first-order chi connectivity index (χ1) is 10.3. The van der Waals surface area contributed by atoms with Gasteiger partial charge in [-0.05, 0) is 57.8 Å². The third kappa shape index (κ3) is 4.68. The van der Waals surface area contributed by atoms with Crippen molar-refractivity contribution in [3.05, 3.63) is 23.5 Å². The Kier molecular flexibility index (Phi) is 5.09. The molecule has 1 saturated carbocycles. The summed E-state index contributed by atoms with van der Waals surface area (Å²) in [6, 6.07) is 4.81. The molecule has 0 bridgehead atoms. The van der Waals surface area contributed by atoms with Crippen molar-refractivity contribution in [3.63, 3.8) is 0 Å². The van der Waals surface area contributed by atoms with E-state index in [1.165, 1.54) is 45.2 Å². The van der Waals surface area contributed by atoms with Crippen molar-refractivity contribution in [3.8, 4) is 5.75 Å². The van der Waals surface area contributed by atoms with Crippen LogP contribution in [0.25, 0.3) is 0 Å². The quantitative estimate of drug-likeness (QED) is 0.837. The van der Waals surface area contributed by atoms with E-state index < -0.39 is 0 Å². The van der Waals surface area contributed by atoms with Gasteiger partial charge in [0, 0.05) is 24.8 Å². The number of rotatable bonds is 7. The molecule has 0 atom stereocenters. The molecule has 0 aromatic carbocycles. The lowest BCUT2D eigenvalue weighted by Crippen LogP contribution is -2.33. The molecular weight excluding hydrogens is 262 g/mol. The molecule has 2 heterocycles. The van der Waals surface area contributed by atoms with Crippen molar-refractivity contribution in [1.29, 1.82) is 0 Å². The fraction of sp³-hybridized carbons (Fsp3) is 0.706. The lowest BCUT2D eigenvalue weighted by atomic mass is 10.1. The predicted octanol–water partition coefficient (Wildman–Crippen LogP) is 2.51. The van der Waals surface area contributed by atoms with Gasteiger partial charge in [0.05, 0.1) is 5.69 Å². The largest absolute Gasteiger partial charge is 0.490 e. The first-order valence-electron chi connectivity index (χ1n) is 8.36. The van der Waals surface area contributed by atoms with Crippen LogP contribution >= 0.6 is 0 Å². The fourth-order valence-corrected chi connectivity index (χ4v) is 2.85. The van der Waals surface area contributed by atoms with Gasteiger partial charge in [0.25, 0.3) is 0 Å². The van der Waals surface area contributed by atoms with Crippen molar-refractivity contribution in [2.45, 2.75) is 51.6 Å².